The Morgan fingerprint density at radius 1 is 1.18 bits per heavy atom. The molecule has 2 N–H and O–H groups in total. The van der Waals surface area contributed by atoms with Gasteiger partial charge in [0.05, 0.1) is 6.54 Å². The van der Waals surface area contributed by atoms with Crippen molar-refractivity contribution in [2.24, 2.45) is 0 Å². The van der Waals surface area contributed by atoms with Crippen molar-refractivity contribution in [3.05, 3.63) is 35.4 Å². The van der Waals surface area contributed by atoms with E-state index in [9.17, 15) is 4.79 Å². The van der Waals surface area contributed by atoms with Crippen molar-refractivity contribution >= 4 is 5.91 Å². The molecular formula is C13H21N3O. The van der Waals surface area contributed by atoms with Gasteiger partial charge in [-0.1, -0.05) is 24.3 Å². The number of nitrogens with zero attached hydrogens (tertiary/aromatic N) is 1. The third kappa shape index (κ3) is 5.47. The van der Waals surface area contributed by atoms with E-state index >= 15 is 0 Å². The van der Waals surface area contributed by atoms with Crippen LogP contribution in [0, 0.1) is 0 Å². The van der Waals surface area contributed by atoms with E-state index in [2.05, 4.69) is 39.8 Å². The van der Waals surface area contributed by atoms with E-state index in [0.29, 0.717) is 13.1 Å². The summed E-state index contributed by atoms with van der Waals surface area (Å²) in [4.78, 5) is 13.4. The maximum Gasteiger partial charge on any atom is 0.234 e. The predicted octanol–water partition coefficient (Wildman–Crippen LogP) is 0.584. The first-order chi connectivity index (χ1) is 8.11. The highest BCUT2D eigenvalue weighted by Crippen LogP contribution is 2.05. The molecule has 0 aliphatic carbocycles. The van der Waals surface area contributed by atoms with E-state index in [1.54, 1.807) is 7.05 Å². The number of carbonyl (C=O) groups is 1. The molecule has 0 aliphatic heterocycles. The predicted molar refractivity (Wildman–Crippen MR) is 69.6 cm³/mol. The number of hydrogen-bond acceptors (Lipinski definition) is 3. The molecule has 4 heteroatoms. The van der Waals surface area contributed by atoms with Crippen LogP contribution in [0.3, 0.4) is 0 Å². The fourth-order valence-corrected chi connectivity index (χ4v) is 1.55. The van der Waals surface area contributed by atoms with Gasteiger partial charge in [0.25, 0.3) is 0 Å². The number of rotatable bonds is 6. The van der Waals surface area contributed by atoms with Crippen molar-refractivity contribution in [3.8, 4) is 0 Å². The summed E-state index contributed by atoms with van der Waals surface area (Å²) in [5.74, 6) is 0.0184. The highest BCUT2D eigenvalue weighted by Gasteiger charge is 2.00. The van der Waals surface area contributed by atoms with Gasteiger partial charge in [-0.3, -0.25) is 4.79 Å². The summed E-state index contributed by atoms with van der Waals surface area (Å²) in [6.45, 7) is 1.88. The fraction of sp³-hybridized carbons (Fsp3) is 0.462. The summed E-state index contributed by atoms with van der Waals surface area (Å²) in [5, 5.41) is 5.67. The monoisotopic (exact) mass is 235 g/mol. The second-order valence-corrected chi connectivity index (χ2v) is 4.36. The Bertz CT molecular complexity index is 346. The van der Waals surface area contributed by atoms with Crippen LogP contribution >= 0.6 is 0 Å². The number of nitrogens with one attached hydrogen (secondary N) is 2. The molecule has 0 heterocycles. The van der Waals surface area contributed by atoms with E-state index in [4.69, 9.17) is 0 Å². The van der Waals surface area contributed by atoms with E-state index in [-0.39, 0.29) is 5.91 Å². The van der Waals surface area contributed by atoms with Crippen LogP contribution in [-0.4, -0.2) is 38.5 Å². The summed E-state index contributed by atoms with van der Waals surface area (Å²) in [6.07, 6.45) is 0. The Morgan fingerprint density at radius 2 is 1.76 bits per heavy atom. The van der Waals surface area contributed by atoms with Gasteiger partial charge in [-0.05, 0) is 32.3 Å². The highest BCUT2D eigenvalue weighted by molar-refractivity contribution is 5.77. The molecule has 0 atom stereocenters. The lowest BCUT2D eigenvalue weighted by atomic mass is 10.1. The summed E-state index contributed by atoms with van der Waals surface area (Å²) >= 11 is 0. The van der Waals surface area contributed by atoms with Crippen molar-refractivity contribution < 1.29 is 4.79 Å². The molecule has 1 aromatic rings. The standard InChI is InChI=1S/C13H21N3O/c1-14-9-13(17)15-8-11-4-6-12(7-5-11)10-16(2)3/h4-7,14H,8-10H2,1-3H3,(H,15,17). The molecule has 0 fully saturated rings. The van der Waals surface area contributed by atoms with Gasteiger partial charge < -0.3 is 15.5 Å². The van der Waals surface area contributed by atoms with Gasteiger partial charge in [-0.25, -0.2) is 0 Å². The molecule has 0 spiro atoms. The lowest BCUT2D eigenvalue weighted by Gasteiger charge is -2.10. The number of hydrogen-bond donors (Lipinski definition) is 2. The van der Waals surface area contributed by atoms with Crippen LogP contribution < -0.4 is 10.6 Å². The van der Waals surface area contributed by atoms with Gasteiger partial charge in [0, 0.05) is 13.1 Å². The van der Waals surface area contributed by atoms with E-state index in [1.165, 1.54) is 5.56 Å². The van der Waals surface area contributed by atoms with Crippen LogP contribution in [0.4, 0.5) is 0 Å². The zero-order valence-corrected chi connectivity index (χ0v) is 10.8. The molecule has 0 aliphatic rings. The summed E-state index contributed by atoms with van der Waals surface area (Å²) < 4.78 is 0. The third-order valence-corrected chi connectivity index (χ3v) is 2.35. The lowest BCUT2D eigenvalue weighted by molar-refractivity contribution is -0.120. The number of benzene rings is 1. The number of amides is 1. The molecule has 1 amide bonds. The second-order valence-electron chi connectivity index (χ2n) is 4.36. The first kappa shape index (κ1) is 13.7. The van der Waals surface area contributed by atoms with Crippen LogP contribution in [-0.2, 0) is 17.9 Å². The quantitative estimate of drug-likeness (QED) is 0.758. The smallest absolute Gasteiger partial charge is 0.234 e. The number of carbonyl (C=O) groups excluding carboxylic acids is 1. The SMILES string of the molecule is CNCC(=O)NCc1ccc(CN(C)C)cc1. The Morgan fingerprint density at radius 3 is 2.29 bits per heavy atom. The topological polar surface area (TPSA) is 44.4 Å². The maximum absolute atomic E-state index is 11.2. The van der Waals surface area contributed by atoms with Crippen molar-refractivity contribution in [3.63, 3.8) is 0 Å². The molecule has 0 saturated heterocycles. The normalized spacial score (nSPS) is 10.6. The van der Waals surface area contributed by atoms with Crippen LogP contribution in [0.5, 0.6) is 0 Å². The molecule has 17 heavy (non-hydrogen) atoms. The van der Waals surface area contributed by atoms with Gasteiger partial charge >= 0.3 is 0 Å². The van der Waals surface area contributed by atoms with Gasteiger partial charge in [-0.2, -0.15) is 0 Å². The summed E-state index contributed by atoms with van der Waals surface area (Å²) in [6, 6.07) is 8.30. The minimum Gasteiger partial charge on any atom is -0.351 e. The van der Waals surface area contributed by atoms with Crippen LogP contribution in [0.2, 0.25) is 0 Å². The van der Waals surface area contributed by atoms with E-state index in [0.717, 1.165) is 12.1 Å². The maximum atomic E-state index is 11.2. The molecule has 4 nitrogen and oxygen atoms in total. The Hall–Kier alpha value is -1.39. The van der Waals surface area contributed by atoms with Gasteiger partial charge in [0.15, 0.2) is 0 Å². The lowest BCUT2D eigenvalue weighted by Crippen LogP contribution is -2.31. The van der Waals surface area contributed by atoms with E-state index < -0.39 is 0 Å². The summed E-state index contributed by atoms with van der Waals surface area (Å²) in [7, 11) is 5.85. The van der Waals surface area contributed by atoms with Crippen molar-refractivity contribution in [2.75, 3.05) is 27.7 Å². The molecule has 1 aromatic carbocycles. The summed E-state index contributed by atoms with van der Waals surface area (Å²) in [5.41, 5.74) is 2.40. The minimum absolute atomic E-state index is 0.0184. The Balaban J connectivity index is 2.42. The molecular weight excluding hydrogens is 214 g/mol. The van der Waals surface area contributed by atoms with Crippen LogP contribution in [0.25, 0.3) is 0 Å². The first-order valence-corrected chi connectivity index (χ1v) is 5.75. The average Bonchev–Trinajstić information content (AvgIpc) is 2.28. The van der Waals surface area contributed by atoms with Crippen LogP contribution in [0.1, 0.15) is 11.1 Å². The first-order valence-electron chi connectivity index (χ1n) is 5.75. The Kier molecular flexibility index (Phi) is 5.66. The largest absolute Gasteiger partial charge is 0.351 e. The van der Waals surface area contributed by atoms with Gasteiger partial charge in [-0.15, -0.1) is 0 Å². The molecule has 0 radical (unpaired) electrons. The van der Waals surface area contributed by atoms with E-state index in [1.807, 2.05) is 14.1 Å². The van der Waals surface area contributed by atoms with Crippen molar-refractivity contribution in [1.82, 2.24) is 15.5 Å². The van der Waals surface area contributed by atoms with Gasteiger partial charge in [0.1, 0.15) is 0 Å². The van der Waals surface area contributed by atoms with Crippen molar-refractivity contribution in [2.45, 2.75) is 13.1 Å². The second kappa shape index (κ2) is 7.04. The van der Waals surface area contributed by atoms with Crippen molar-refractivity contribution in [1.29, 1.82) is 0 Å². The molecule has 0 aromatic heterocycles. The zero-order chi connectivity index (χ0) is 12.7. The zero-order valence-electron chi connectivity index (χ0n) is 10.8. The molecule has 0 bridgehead atoms. The molecule has 94 valence electrons. The van der Waals surface area contributed by atoms with Gasteiger partial charge in [0.2, 0.25) is 5.91 Å². The number of likely N-dealkylation sites (N-methyl/N-ethyl adjacent to an activating group) is 1. The molecule has 0 unspecified atom stereocenters. The highest BCUT2D eigenvalue weighted by atomic mass is 16.1. The fourth-order valence-electron chi connectivity index (χ4n) is 1.55. The molecule has 1 rings (SSSR count). The minimum atomic E-state index is 0.0184. The average molecular weight is 235 g/mol. The molecule has 0 saturated carbocycles. The third-order valence-electron chi connectivity index (χ3n) is 2.35. The Labute approximate surface area is 103 Å². The van der Waals surface area contributed by atoms with Crippen LogP contribution in [0.15, 0.2) is 24.3 Å².